The smallest absolute Gasteiger partial charge is 0.235 e. The first-order valence-electron chi connectivity index (χ1n) is 8.67. The molecule has 0 bridgehead atoms. The fourth-order valence-electron chi connectivity index (χ4n) is 3.08. The normalized spacial score (nSPS) is 23.3. The Labute approximate surface area is 147 Å². The van der Waals surface area contributed by atoms with E-state index in [0.29, 0.717) is 32.1 Å². The van der Waals surface area contributed by atoms with Crippen LogP contribution >= 0.6 is 0 Å². The first-order chi connectivity index (χ1) is 12.1. The number of nitriles is 1. The Hall–Kier alpha value is -2.24. The highest BCUT2D eigenvalue weighted by atomic mass is 16.5. The summed E-state index contributed by atoms with van der Waals surface area (Å²) < 4.78 is 5.75. The number of carbonyl (C=O) groups is 1. The molecule has 8 nitrogen and oxygen atoms in total. The summed E-state index contributed by atoms with van der Waals surface area (Å²) in [5.41, 5.74) is -0.740. The van der Waals surface area contributed by atoms with E-state index in [1.54, 1.807) is 6.20 Å². The van der Waals surface area contributed by atoms with Crippen molar-refractivity contribution in [2.75, 3.05) is 38.1 Å². The number of nitrogens with zero attached hydrogens (tertiary/aromatic N) is 4. The molecule has 134 valence electrons. The first kappa shape index (κ1) is 17.6. The molecule has 1 aromatic heterocycles. The Balaban J connectivity index is 1.45. The molecule has 2 N–H and O–H groups in total. The highest BCUT2D eigenvalue weighted by molar-refractivity contribution is 5.79. The molecule has 1 saturated carbocycles. The topological polar surface area (TPSA) is 103 Å². The Bertz CT molecular complexity index is 630. The van der Waals surface area contributed by atoms with Crippen LogP contribution in [0.2, 0.25) is 0 Å². The Morgan fingerprint density at radius 2 is 2.40 bits per heavy atom. The van der Waals surface area contributed by atoms with Crippen LogP contribution < -0.4 is 10.6 Å². The van der Waals surface area contributed by atoms with Gasteiger partial charge in [0.05, 0.1) is 25.3 Å². The summed E-state index contributed by atoms with van der Waals surface area (Å²) >= 11 is 0. The third-order valence-electron chi connectivity index (χ3n) is 4.70. The van der Waals surface area contributed by atoms with E-state index in [1.807, 2.05) is 19.1 Å². The largest absolute Gasteiger partial charge is 0.374 e. The van der Waals surface area contributed by atoms with Gasteiger partial charge in [-0.25, -0.2) is 0 Å². The average molecular weight is 344 g/mol. The predicted octanol–water partition coefficient (Wildman–Crippen LogP) is 0.398. The molecule has 2 heterocycles. The van der Waals surface area contributed by atoms with Gasteiger partial charge in [0, 0.05) is 25.8 Å². The molecule has 0 radical (unpaired) electrons. The van der Waals surface area contributed by atoms with Crippen LogP contribution in [0.15, 0.2) is 18.3 Å². The minimum Gasteiger partial charge on any atom is -0.374 e. The third kappa shape index (κ3) is 4.87. The van der Waals surface area contributed by atoms with Crippen molar-refractivity contribution in [2.24, 2.45) is 5.92 Å². The van der Waals surface area contributed by atoms with Gasteiger partial charge in [-0.2, -0.15) is 10.4 Å². The van der Waals surface area contributed by atoms with Crippen LogP contribution in [-0.2, 0) is 9.53 Å². The Morgan fingerprint density at radius 3 is 3.08 bits per heavy atom. The van der Waals surface area contributed by atoms with Gasteiger partial charge in [0.25, 0.3) is 0 Å². The molecule has 0 unspecified atom stereocenters. The van der Waals surface area contributed by atoms with E-state index < -0.39 is 5.54 Å². The lowest BCUT2D eigenvalue weighted by Gasteiger charge is -2.33. The quantitative estimate of drug-likeness (QED) is 0.738. The molecular weight excluding hydrogens is 320 g/mol. The van der Waals surface area contributed by atoms with Crippen LogP contribution in [0.3, 0.4) is 0 Å². The van der Waals surface area contributed by atoms with Gasteiger partial charge in [-0.3, -0.25) is 9.69 Å². The number of ether oxygens (including phenoxy) is 1. The summed E-state index contributed by atoms with van der Waals surface area (Å²) in [7, 11) is 0. The van der Waals surface area contributed by atoms with Crippen LogP contribution in [0, 0.1) is 17.2 Å². The standard InChI is InChI=1S/C17H24N6O2/c1-17(12-18,13-4-5-13)21-16(24)11-23-7-8-25-14(10-23)9-19-15-3-2-6-20-22-15/h2-3,6,13-14H,4-5,7-11H2,1H3,(H,19,22)(H,21,24)/t14-,17+/m0/s1. The molecule has 2 atom stereocenters. The van der Waals surface area contributed by atoms with Crippen LogP contribution in [-0.4, -0.2) is 65.4 Å². The lowest BCUT2D eigenvalue weighted by atomic mass is 9.98. The van der Waals surface area contributed by atoms with Crippen molar-refractivity contribution in [3.05, 3.63) is 18.3 Å². The maximum atomic E-state index is 12.3. The summed E-state index contributed by atoms with van der Waals surface area (Å²) in [5.74, 6) is 0.892. The molecule has 3 rings (SSSR count). The van der Waals surface area contributed by atoms with Gasteiger partial charge in [0.15, 0.2) is 0 Å². The molecule has 1 saturated heterocycles. The number of hydrogen-bond acceptors (Lipinski definition) is 7. The zero-order valence-electron chi connectivity index (χ0n) is 14.4. The van der Waals surface area contributed by atoms with Crippen LogP contribution in [0.25, 0.3) is 0 Å². The highest BCUT2D eigenvalue weighted by Gasteiger charge is 2.43. The monoisotopic (exact) mass is 344 g/mol. The zero-order valence-corrected chi connectivity index (χ0v) is 14.4. The van der Waals surface area contributed by atoms with E-state index >= 15 is 0 Å². The number of carbonyl (C=O) groups excluding carboxylic acids is 1. The van der Waals surface area contributed by atoms with E-state index in [4.69, 9.17) is 4.74 Å². The molecule has 1 aliphatic heterocycles. The lowest BCUT2D eigenvalue weighted by Crippen LogP contribution is -2.53. The minimum absolute atomic E-state index is 0.0191. The average Bonchev–Trinajstić information content (AvgIpc) is 3.46. The maximum absolute atomic E-state index is 12.3. The second kappa shape index (κ2) is 7.76. The Kier molecular flexibility index (Phi) is 5.46. The molecule has 2 fully saturated rings. The van der Waals surface area contributed by atoms with E-state index in [0.717, 1.165) is 12.8 Å². The lowest BCUT2D eigenvalue weighted by molar-refractivity contribution is -0.125. The fraction of sp³-hybridized carbons (Fsp3) is 0.647. The van der Waals surface area contributed by atoms with Crippen LogP contribution in [0.4, 0.5) is 5.82 Å². The molecule has 1 aromatic rings. The van der Waals surface area contributed by atoms with Gasteiger partial charge < -0.3 is 15.4 Å². The van der Waals surface area contributed by atoms with Gasteiger partial charge in [0.2, 0.25) is 5.91 Å². The fourth-order valence-corrected chi connectivity index (χ4v) is 3.08. The van der Waals surface area contributed by atoms with Gasteiger partial charge in [-0.05, 0) is 37.8 Å². The number of nitrogens with one attached hydrogen (secondary N) is 2. The summed E-state index contributed by atoms with van der Waals surface area (Å²) in [4.78, 5) is 14.4. The molecule has 1 amide bonds. The Morgan fingerprint density at radius 1 is 1.56 bits per heavy atom. The molecule has 25 heavy (non-hydrogen) atoms. The molecule has 1 aliphatic carbocycles. The number of morpholine rings is 1. The zero-order chi connectivity index (χ0) is 17.7. The number of rotatable bonds is 7. The third-order valence-corrected chi connectivity index (χ3v) is 4.70. The molecule has 8 heteroatoms. The number of amides is 1. The van der Waals surface area contributed by atoms with Crippen molar-refractivity contribution in [1.82, 2.24) is 20.4 Å². The second-order valence-corrected chi connectivity index (χ2v) is 6.85. The highest BCUT2D eigenvalue weighted by Crippen LogP contribution is 2.39. The molecule has 0 spiro atoms. The van der Waals surface area contributed by atoms with Crippen molar-refractivity contribution in [3.8, 4) is 6.07 Å². The first-order valence-corrected chi connectivity index (χ1v) is 8.67. The molecule has 0 aromatic carbocycles. The minimum atomic E-state index is -0.740. The summed E-state index contributed by atoms with van der Waals surface area (Å²) in [6, 6.07) is 5.93. The van der Waals surface area contributed by atoms with Crippen molar-refractivity contribution in [3.63, 3.8) is 0 Å². The summed E-state index contributed by atoms with van der Waals surface area (Å²) in [6.45, 7) is 4.66. The van der Waals surface area contributed by atoms with Gasteiger partial charge >= 0.3 is 0 Å². The van der Waals surface area contributed by atoms with Crippen molar-refractivity contribution < 1.29 is 9.53 Å². The second-order valence-electron chi connectivity index (χ2n) is 6.85. The predicted molar refractivity (Wildman–Crippen MR) is 91.6 cm³/mol. The summed E-state index contributed by atoms with van der Waals surface area (Å²) in [6.07, 6.45) is 3.63. The van der Waals surface area contributed by atoms with Crippen molar-refractivity contribution in [1.29, 1.82) is 5.26 Å². The summed E-state index contributed by atoms with van der Waals surface area (Å²) in [5, 5.41) is 23.3. The van der Waals surface area contributed by atoms with Crippen LogP contribution in [0.1, 0.15) is 19.8 Å². The SMILES string of the molecule is C[C@](C#N)(NC(=O)CN1CCO[C@@H](CNc2cccnn2)C1)C1CC1. The maximum Gasteiger partial charge on any atom is 0.235 e. The van der Waals surface area contributed by atoms with Crippen molar-refractivity contribution >= 4 is 11.7 Å². The van der Waals surface area contributed by atoms with Crippen molar-refractivity contribution in [2.45, 2.75) is 31.4 Å². The van der Waals surface area contributed by atoms with E-state index in [-0.39, 0.29) is 24.5 Å². The van der Waals surface area contributed by atoms with Crippen LogP contribution in [0.5, 0.6) is 0 Å². The molecular formula is C17H24N6O2. The van der Waals surface area contributed by atoms with Gasteiger partial charge in [0.1, 0.15) is 11.4 Å². The van der Waals surface area contributed by atoms with Gasteiger partial charge in [-0.15, -0.1) is 5.10 Å². The number of anilines is 1. The molecule has 2 aliphatic rings. The van der Waals surface area contributed by atoms with E-state index in [1.165, 1.54) is 0 Å². The van der Waals surface area contributed by atoms with E-state index in [2.05, 4.69) is 31.8 Å². The number of aromatic nitrogens is 2. The number of hydrogen-bond donors (Lipinski definition) is 2. The van der Waals surface area contributed by atoms with Gasteiger partial charge in [-0.1, -0.05) is 0 Å². The van der Waals surface area contributed by atoms with E-state index in [9.17, 15) is 10.1 Å².